The molecule has 0 bridgehead atoms. The highest BCUT2D eigenvalue weighted by atomic mass is 19.3. The molecular weight excluding hydrogens is 366 g/mol. The van der Waals surface area contributed by atoms with E-state index in [-0.39, 0.29) is 24.1 Å². The molecule has 2 aromatic rings. The van der Waals surface area contributed by atoms with Gasteiger partial charge >= 0.3 is 0 Å². The van der Waals surface area contributed by atoms with Crippen LogP contribution in [0.4, 0.5) is 8.78 Å². The molecule has 1 saturated heterocycles. The fraction of sp³-hybridized carbons (Fsp3) is 0.333. The molecule has 1 amide bonds. The van der Waals surface area contributed by atoms with Crippen molar-refractivity contribution in [3.63, 3.8) is 0 Å². The lowest BCUT2D eigenvalue weighted by atomic mass is 9.96. The molecule has 0 saturated carbocycles. The van der Waals surface area contributed by atoms with Gasteiger partial charge in [0, 0.05) is 17.5 Å². The zero-order valence-electron chi connectivity index (χ0n) is 15.7. The summed E-state index contributed by atoms with van der Waals surface area (Å²) in [4.78, 5) is 19.2. The molecule has 28 heavy (non-hydrogen) atoms. The van der Waals surface area contributed by atoms with Gasteiger partial charge in [0.05, 0.1) is 24.9 Å². The number of nitrogens with zero attached hydrogens (tertiary/aromatic N) is 2. The highest BCUT2D eigenvalue weighted by Crippen LogP contribution is 2.31. The third kappa shape index (κ3) is 3.89. The van der Waals surface area contributed by atoms with E-state index < -0.39 is 6.43 Å². The Kier molecular flexibility index (Phi) is 6.04. The van der Waals surface area contributed by atoms with Gasteiger partial charge in [-0.25, -0.2) is 8.78 Å². The fourth-order valence-electron chi connectivity index (χ4n) is 3.53. The number of carbonyl (C=O) groups is 1. The standard InChI is InChI=1S/C21H22F2N2O3/c1-13-18(4-3-5-19(13)20(22)23)14-6-8-15(9-7-14)21(27)25-11-16(24-28-2)10-17(25)12-26/h3-9,17,20,26H,10-12H2,1-2H3/b24-16+/t17-/m0/s1. The first-order valence-corrected chi connectivity index (χ1v) is 8.95. The van der Waals surface area contributed by atoms with Crippen LogP contribution in [0.15, 0.2) is 47.6 Å². The van der Waals surface area contributed by atoms with Crippen LogP contribution in [0.2, 0.25) is 0 Å². The van der Waals surface area contributed by atoms with Crippen molar-refractivity contribution in [1.29, 1.82) is 0 Å². The smallest absolute Gasteiger partial charge is 0.264 e. The Morgan fingerprint density at radius 1 is 1.29 bits per heavy atom. The minimum atomic E-state index is -2.53. The minimum absolute atomic E-state index is 0.00506. The van der Waals surface area contributed by atoms with Gasteiger partial charge in [0.2, 0.25) is 0 Å². The van der Waals surface area contributed by atoms with Crippen LogP contribution in [0.1, 0.15) is 34.3 Å². The molecule has 2 aromatic carbocycles. The molecule has 1 aliphatic rings. The second kappa shape index (κ2) is 8.48. The third-order valence-corrected chi connectivity index (χ3v) is 5.01. The number of hydrogen-bond acceptors (Lipinski definition) is 4. The molecule has 0 aromatic heterocycles. The summed E-state index contributed by atoms with van der Waals surface area (Å²) in [5.41, 5.74) is 3.16. The second-order valence-electron chi connectivity index (χ2n) is 6.71. The van der Waals surface area contributed by atoms with Gasteiger partial charge in [-0.15, -0.1) is 0 Å². The van der Waals surface area contributed by atoms with Gasteiger partial charge in [-0.05, 0) is 35.7 Å². The van der Waals surface area contributed by atoms with Gasteiger partial charge in [0.15, 0.2) is 0 Å². The lowest BCUT2D eigenvalue weighted by Crippen LogP contribution is -2.37. The number of benzene rings is 2. The quantitative estimate of drug-likeness (QED) is 0.793. The van der Waals surface area contributed by atoms with Crippen molar-refractivity contribution in [1.82, 2.24) is 4.90 Å². The Morgan fingerprint density at radius 2 is 2.00 bits per heavy atom. The molecule has 1 N–H and O–H groups in total. The molecule has 3 rings (SSSR count). The summed E-state index contributed by atoms with van der Waals surface area (Å²) in [6, 6.07) is 11.3. The van der Waals surface area contributed by atoms with Crippen molar-refractivity contribution >= 4 is 11.6 Å². The molecule has 0 unspecified atom stereocenters. The second-order valence-corrected chi connectivity index (χ2v) is 6.71. The van der Waals surface area contributed by atoms with Crippen LogP contribution in [-0.4, -0.2) is 47.9 Å². The van der Waals surface area contributed by atoms with E-state index in [1.54, 1.807) is 48.2 Å². The molecule has 148 valence electrons. The predicted molar refractivity (Wildman–Crippen MR) is 103 cm³/mol. The number of aliphatic hydroxyl groups excluding tert-OH is 1. The summed E-state index contributed by atoms with van der Waals surface area (Å²) < 4.78 is 26.3. The molecular formula is C21H22F2N2O3. The maximum Gasteiger partial charge on any atom is 0.264 e. The average molecular weight is 388 g/mol. The minimum Gasteiger partial charge on any atom is -0.399 e. The fourth-order valence-corrected chi connectivity index (χ4v) is 3.53. The first-order chi connectivity index (χ1) is 13.5. The van der Waals surface area contributed by atoms with E-state index in [2.05, 4.69) is 5.16 Å². The number of likely N-dealkylation sites (tertiary alicyclic amines) is 1. The lowest BCUT2D eigenvalue weighted by molar-refractivity contribution is 0.0680. The maximum absolute atomic E-state index is 13.1. The summed E-state index contributed by atoms with van der Waals surface area (Å²) in [5.74, 6) is -0.218. The number of halogens is 2. The van der Waals surface area contributed by atoms with Crippen LogP contribution in [0.3, 0.4) is 0 Å². The van der Waals surface area contributed by atoms with Crippen LogP contribution >= 0.6 is 0 Å². The Balaban J connectivity index is 1.84. The van der Waals surface area contributed by atoms with Crippen molar-refractivity contribution in [2.24, 2.45) is 5.16 Å². The van der Waals surface area contributed by atoms with E-state index in [0.717, 1.165) is 5.56 Å². The van der Waals surface area contributed by atoms with Gasteiger partial charge < -0.3 is 14.8 Å². The molecule has 1 heterocycles. The molecule has 1 aliphatic heterocycles. The zero-order chi connectivity index (χ0) is 20.3. The lowest BCUT2D eigenvalue weighted by Gasteiger charge is -2.22. The van der Waals surface area contributed by atoms with Crippen molar-refractivity contribution < 1.29 is 23.5 Å². The van der Waals surface area contributed by atoms with E-state index in [1.165, 1.54) is 13.2 Å². The topological polar surface area (TPSA) is 62.1 Å². The van der Waals surface area contributed by atoms with Crippen LogP contribution in [0, 0.1) is 6.92 Å². The number of alkyl halides is 2. The van der Waals surface area contributed by atoms with E-state index in [9.17, 15) is 18.7 Å². The van der Waals surface area contributed by atoms with Gasteiger partial charge in [-0.2, -0.15) is 0 Å². The van der Waals surface area contributed by atoms with Crippen LogP contribution in [0.25, 0.3) is 11.1 Å². The van der Waals surface area contributed by atoms with E-state index in [1.807, 2.05) is 0 Å². The number of rotatable bonds is 5. The summed E-state index contributed by atoms with van der Waals surface area (Å²) in [6.45, 7) is 1.81. The number of hydrogen-bond donors (Lipinski definition) is 1. The Hall–Kier alpha value is -2.80. The Morgan fingerprint density at radius 3 is 2.61 bits per heavy atom. The number of oxime groups is 1. The summed E-state index contributed by atoms with van der Waals surface area (Å²) >= 11 is 0. The molecule has 0 aliphatic carbocycles. The first kappa shape index (κ1) is 19.9. The summed E-state index contributed by atoms with van der Waals surface area (Å²) in [5, 5.41) is 13.4. The normalized spacial score (nSPS) is 18.1. The summed E-state index contributed by atoms with van der Waals surface area (Å²) in [7, 11) is 1.44. The Labute approximate surface area is 162 Å². The third-order valence-electron chi connectivity index (χ3n) is 5.01. The van der Waals surface area contributed by atoms with Crippen LogP contribution < -0.4 is 0 Å². The highest BCUT2D eigenvalue weighted by Gasteiger charge is 2.33. The first-order valence-electron chi connectivity index (χ1n) is 8.95. The van der Waals surface area contributed by atoms with Crippen molar-refractivity contribution in [3.8, 4) is 11.1 Å². The maximum atomic E-state index is 13.1. The van der Waals surface area contributed by atoms with Gasteiger partial charge in [-0.1, -0.05) is 35.5 Å². The molecule has 5 nitrogen and oxygen atoms in total. The summed E-state index contributed by atoms with van der Waals surface area (Å²) in [6.07, 6.45) is -2.07. The largest absolute Gasteiger partial charge is 0.399 e. The molecule has 7 heteroatoms. The van der Waals surface area contributed by atoms with Crippen molar-refractivity contribution in [2.45, 2.75) is 25.8 Å². The number of amides is 1. The predicted octanol–water partition coefficient (Wildman–Crippen LogP) is 3.81. The van der Waals surface area contributed by atoms with E-state index in [4.69, 9.17) is 4.84 Å². The number of carbonyl (C=O) groups excluding carboxylic acids is 1. The van der Waals surface area contributed by atoms with Crippen molar-refractivity contribution in [3.05, 3.63) is 59.2 Å². The van der Waals surface area contributed by atoms with E-state index in [0.29, 0.717) is 35.4 Å². The molecule has 0 spiro atoms. The average Bonchev–Trinajstić information content (AvgIpc) is 3.11. The van der Waals surface area contributed by atoms with E-state index >= 15 is 0 Å². The zero-order valence-corrected chi connectivity index (χ0v) is 15.7. The van der Waals surface area contributed by atoms with Crippen LogP contribution in [-0.2, 0) is 4.84 Å². The highest BCUT2D eigenvalue weighted by molar-refractivity contribution is 6.00. The SMILES string of the molecule is CO/N=C1\C[C@@H](CO)N(C(=O)c2ccc(-c3cccc(C(F)F)c3C)cc2)C1. The number of aliphatic hydroxyl groups is 1. The molecule has 1 fully saturated rings. The monoisotopic (exact) mass is 388 g/mol. The van der Waals surface area contributed by atoms with Gasteiger partial charge in [-0.3, -0.25) is 4.79 Å². The van der Waals surface area contributed by atoms with Crippen molar-refractivity contribution in [2.75, 3.05) is 20.3 Å². The molecule has 0 radical (unpaired) electrons. The van der Waals surface area contributed by atoms with Gasteiger partial charge in [0.25, 0.3) is 12.3 Å². The Bertz CT molecular complexity index is 882. The molecule has 1 atom stereocenters. The van der Waals surface area contributed by atoms with Crippen LogP contribution in [0.5, 0.6) is 0 Å². The van der Waals surface area contributed by atoms with Gasteiger partial charge in [0.1, 0.15) is 7.11 Å².